The van der Waals surface area contributed by atoms with E-state index < -0.39 is 0 Å². The molecule has 0 saturated heterocycles. The smallest absolute Gasteiger partial charge is 0.223 e. The van der Waals surface area contributed by atoms with Gasteiger partial charge in [0.2, 0.25) is 5.95 Å². The second kappa shape index (κ2) is 7.82. The van der Waals surface area contributed by atoms with Crippen molar-refractivity contribution in [1.29, 1.82) is 0 Å². The van der Waals surface area contributed by atoms with Gasteiger partial charge < -0.3 is 11.1 Å². The van der Waals surface area contributed by atoms with Gasteiger partial charge in [0.05, 0.1) is 16.3 Å². The minimum Gasteiger partial charge on any atom is -0.354 e. The van der Waals surface area contributed by atoms with Gasteiger partial charge in [0.25, 0.3) is 0 Å². The Kier molecular flexibility index (Phi) is 5.09. The summed E-state index contributed by atoms with van der Waals surface area (Å²) < 4.78 is 0. The van der Waals surface area contributed by atoms with E-state index in [1.54, 1.807) is 17.5 Å². The summed E-state index contributed by atoms with van der Waals surface area (Å²) >= 11 is 1.66. The van der Waals surface area contributed by atoms with Crippen molar-refractivity contribution in [3.63, 3.8) is 0 Å². The van der Waals surface area contributed by atoms with Crippen LogP contribution < -0.4 is 11.1 Å². The standard InChI is InChI=1S/C21H21N5S/c1-14-19(18-9-12-24-21(26-18)23-11-4-10-22)27-20(25-14)17-8-7-15-5-2-3-6-16(15)13-17/h2-3,5-9,12-13H,4,10-11,22H2,1H3,(H,23,24,26). The number of fused-ring (bicyclic) bond motifs is 1. The summed E-state index contributed by atoms with van der Waals surface area (Å²) in [5.41, 5.74) is 8.54. The number of benzene rings is 2. The lowest BCUT2D eigenvalue weighted by molar-refractivity contribution is 0.864. The van der Waals surface area contributed by atoms with E-state index in [1.807, 2.05) is 13.0 Å². The maximum atomic E-state index is 5.54. The van der Waals surface area contributed by atoms with Gasteiger partial charge in [-0.25, -0.2) is 15.0 Å². The fourth-order valence-electron chi connectivity index (χ4n) is 2.95. The van der Waals surface area contributed by atoms with Crippen LogP contribution in [0.15, 0.2) is 54.7 Å². The van der Waals surface area contributed by atoms with E-state index in [-0.39, 0.29) is 0 Å². The molecule has 4 aromatic rings. The molecule has 0 fully saturated rings. The third kappa shape index (κ3) is 3.82. The SMILES string of the molecule is Cc1nc(-c2ccc3ccccc3c2)sc1-c1ccnc(NCCCN)n1. The highest BCUT2D eigenvalue weighted by molar-refractivity contribution is 7.18. The highest BCUT2D eigenvalue weighted by Crippen LogP contribution is 2.35. The quantitative estimate of drug-likeness (QED) is 0.486. The second-order valence-electron chi connectivity index (χ2n) is 6.33. The molecule has 0 unspecified atom stereocenters. The Morgan fingerprint density at radius 2 is 1.89 bits per heavy atom. The van der Waals surface area contributed by atoms with Crippen molar-refractivity contribution in [3.8, 4) is 21.1 Å². The Labute approximate surface area is 162 Å². The molecule has 0 spiro atoms. The van der Waals surface area contributed by atoms with Gasteiger partial charge in [-0.2, -0.15) is 0 Å². The first-order chi connectivity index (χ1) is 13.2. The average Bonchev–Trinajstić information content (AvgIpc) is 3.10. The van der Waals surface area contributed by atoms with Gasteiger partial charge in [0.1, 0.15) is 5.01 Å². The van der Waals surface area contributed by atoms with Crippen LogP contribution in [0, 0.1) is 6.92 Å². The molecule has 3 N–H and O–H groups in total. The first kappa shape index (κ1) is 17.6. The molecule has 0 radical (unpaired) electrons. The van der Waals surface area contributed by atoms with Crippen LogP contribution in [-0.2, 0) is 0 Å². The van der Waals surface area contributed by atoms with Crippen molar-refractivity contribution in [2.75, 3.05) is 18.4 Å². The van der Waals surface area contributed by atoms with Gasteiger partial charge in [-0.1, -0.05) is 36.4 Å². The lowest BCUT2D eigenvalue weighted by atomic mass is 10.1. The number of hydrogen-bond donors (Lipinski definition) is 2. The molecule has 0 saturated carbocycles. The van der Waals surface area contributed by atoms with Gasteiger partial charge >= 0.3 is 0 Å². The zero-order chi connectivity index (χ0) is 18.6. The number of nitrogens with zero attached hydrogens (tertiary/aromatic N) is 3. The van der Waals surface area contributed by atoms with E-state index in [9.17, 15) is 0 Å². The Morgan fingerprint density at radius 3 is 2.74 bits per heavy atom. The Bertz CT molecular complexity index is 1070. The van der Waals surface area contributed by atoms with E-state index in [4.69, 9.17) is 10.7 Å². The molecule has 27 heavy (non-hydrogen) atoms. The molecular weight excluding hydrogens is 354 g/mol. The summed E-state index contributed by atoms with van der Waals surface area (Å²) in [7, 11) is 0. The lowest BCUT2D eigenvalue weighted by Gasteiger charge is -2.05. The summed E-state index contributed by atoms with van der Waals surface area (Å²) in [5, 5.41) is 6.68. The topological polar surface area (TPSA) is 76.7 Å². The Balaban J connectivity index is 1.65. The summed E-state index contributed by atoms with van der Waals surface area (Å²) in [5.74, 6) is 0.626. The molecule has 2 aromatic heterocycles. The Hall–Kier alpha value is -2.83. The molecule has 0 atom stereocenters. The van der Waals surface area contributed by atoms with E-state index >= 15 is 0 Å². The third-order valence-corrected chi connectivity index (χ3v) is 5.57. The number of aryl methyl sites for hydroxylation is 1. The molecule has 4 rings (SSSR count). The summed E-state index contributed by atoms with van der Waals surface area (Å²) in [4.78, 5) is 14.8. The van der Waals surface area contributed by atoms with Crippen LogP contribution in [0.5, 0.6) is 0 Å². The number of hydrogen-bond acceptors (Lipinski definition) is 6. The van der Waals surface area contributed by atoms with E-state index in [0.717, 1.165) is 39.8 Å². The minimum absolute atomic E-state index is 0.626. The van der Waals surface area contributed by atoms with Gasteiger partial charge in [-0.3, -0.25) is 0 Å². The van der Waals surface area contributed by atoms with E-state index in [0.29, 0.717) is 12.5 Å². The maximum absolute atomic E-state index is 5.54. The highest BCUT2D eigenvalue weighted by Gasteiger charge is 2.13. The predicted molar refractivity (Wildman–Crippen MR) is 113 cm³/mol. The molecule has 136 valence electrons. The zero-order valence-corrected chi connectivity index (χ0v) is 16.0. The van der Waals surface area contributed by atoms with E-state index in [2.05, 4.69) is 57.7 Å². The first-order valence-electron chi connectivity index (χ1n) is 8.98. The van der Waals surface area contributed by atoms with Crippen molar-refractivity contribution in [2.24, 2.45) is 5.73 Å². The Morgan fingerprint density at radius 1 is 1.04 bits per heavy atom. The number of anilines is 1. The van der Waals surface area contributed by atoms with Gasteiger partial charge in [0, 0.05) is 18.3 Å². The minimum atomic E-state index is 0.626. The van der Waals surface area contributed by atoms with Crippen LogP contribution in [0.1, 0.15) is 12.1 Å². The molecule has 0 bridgehead atoms. The fraction of sp³-hybridized carbons (Fsp3) is 0.190. The third-order valence-electron chi connectivity index (χ3n) is 4.35. The molecule has 0 aliphatic rings. The van der Waals surface area contributed by atoms with Crippen LogP contribution in [0.25, 0.3) is 31.9 Å². The van der Waals surface area contributed by atoms with E-state index in [1.165, 1.54) is 10.8 Å². The summed E-state index contributed by atoms with van der Waals surface area (Å²) in [6.45, 7) is 3.44. The largest absolute Gasteiger partial charge is 0.354 e. The van der Waals surface area contributed by atoms with Crippen molar-refractivity contribution < 1.29 is 0 Å². The molecular formula is C21H21N5S. The second-order valence-corrected chi connectivity index (χ2v) is 7.33. The van der Waals surface area contributed by atoms with Crippen LogP contribution in [0.2, 0.25) is 0 Å². The van der Waals surface area contributed by atoms with Crippen molar-refractivity contribution in [2.45, 2.75) is 13.3 Å². The van der Waals surface area contributed by atoms with Crippen LogP contribution in [0.3, 0.4) is 0 Å². The molecule has 6 heteroatoms. The van der Waals surface area contributed by atoms with Gasteiger partial charge in [0.15, 0.2) is 0 Å². The fourth-order valence-corrected chi connectivity index (χ4v) is 3.98. The normalized spacial score (nSPS) is 11.0. The van der Waals surface area contributed by atoms with Crippen LogP contribution >= 0.6 is 11.3 Å². The average molecular weight is 376 g/mol. The highest BCUT2D eigenvalue weighted by atomic mass is 32.1. The monoisotopic (exact) mass is 375 g/mol. The number of aromatic nitrogens is 3. The van der Waals surface area contributed by atoms with Gasteiger partial charge in [-0.15, -0.1) is 11.3 Å². The number of nitrogens with two attached hydrogens (primary N) is 1. The number of rotatable bonds is 6. The van der Waals surface area contributed by atoms with Crippen molar-refractivity contribution in [1.82, 2.24) is 15.0 Å². The lowest BCUT2D eigenvalue weighted by Crippen LogP contribution is -2.10. The van der Waals surface area contributed by atoms with Crippen molar-refractivity contribution >= 4 is 28.1 Å². The molecule has 0 aliphatic heterocycles. The zero-order valence-electron chi connectivity index (χ0n) is 15.1. The number of nitrogens with one attached hydrogen (secondary N) is 1. The van der Waals surface area contributed by atoms with Crippen LogP contribution in [0.4, 0.5) is 5.95 Å². The van der Waals surface area contributed by atoms with Crippen molar-refractivity contribution in [3.05, 3.63) is 60.4 Å². The molecule has 2 heterocycles. The molecule has 0 aliphatic carbocycles. The first-order valence-corrected chi connectivity index (χ1v) is 9.80. The predicted octanol–water partition coefficient (Wildman–Crippen LogP) is 4.49. The summed E-state index contributed by atoms with van der Waals surface area (Å²) in [6.07, 6.45) is 2.67. The number of thiazole rings is 1. The van der Waals surface area contributed by atoms with Gasteiger partial charge in [-0.05, 0) is 42.8 Å². The maximum Gasteiger partial charge on any atom is 0.223 e. The molecule has 2 aromatic carbocycles. The molecule has 5 nitrogen and oxygen atoms in total. The van der Waals surface area contributed by atoms with Crippen LogP contribution in [-0.4, -0.2) is 28.0 Å². The molecule has 0 amide bonds. The summed E-state index contributed by atoms with van der Waals surface area (Å²) in [6, 6.07) is 16.8.